The van der Waals surface area contributed by atoms with Crippen molar-refractivity contribution in [2.24, 2.45) is 0 Å². The number of rotatable bonds is 1. The fourth-order valence-electron chi connectivity index (χ4n) is 0.977. The van der Waals surface area contributed by atoms with Crippen molar-refractivity contribution in [3.8, 4) is 0 Å². The van der Waals surface area contributed by atoms with Gasteiger partial charge in [-0.15, -0.1) is 24.0 Å². The van der Waals surface area contributed by atoms with Crippen LogP contribution < -0.4 is 5.73 Å². The summed E-state index contributed by atoms with van der Waals surface area (Å²) in [6.45, 7) is 0. The van der Waals surface area contributed by atoms with E-state index in [1.165, 1.54) is 12.1 Å². The monoisotopic (exact) mass is 245 g/mol. The molecular formula is C8H8Cl2F3N. The van der Waals surface area contributed by atoms with Crippen molar-refractivity contribution in [3.63, 3.8) is 0 Å². The molecule has 0 fully saturated rings. The van der Waals surface area contributed by atoms with Gasteiger partial charge in [0, 0.05) is 11.6 Å². The summed E-state index contributed by atoms with van der Waals surface area (Å²) in [7, 11) is 0. The molecular weight excluding hydrogens is 238 g/mol. The van der Waals surface area contributed by atoms with Gasteiger partial charge in [0.1, 0.15) is 0 Å². The Morgan fingerprint density at radius 3 is 2.29 bits per heavy atom. The summed E-state index contributed by atoms with van der Waals surface area (Å²) in [4.78, 5) is 0. The third kappa shape index (κ3) is 2.69. The van der Waals surface area contributed by atoms with Crippen LogP contribution in [0.1, 0.15) is 11.1 Å². The predicted molar refractivity (Wildman–Crippen MR) is 52.7 cm³/mol. The maximum absolute atomic E-state index is 12.2. The second-order valence-corrected chi connectivity index (χ2v) is 2.78. The number of anilines is 1. The Morgan fingerprint density at radius 2 is 1.86 bits per heavy atom. The van der Waals surface area contributed by atoms with Crippen LogP contribution in [0.2, 0.25) is 0 Å². The molecule has 14 heavy (non-hydrogen) atoms. The van der Waals surface area contributed by atoms with E-state index in [0.29, 0.717) is 5.56 Å². The summed E-state index contributed by atoms with van der Waals surface area (Å²) in [6.07, 6.45) is -4.41. The normalized spacial score (nSPS) is 10.9. The van der Waals surface area contributed by atoms with Gasteiger partial charge in [0.15, 0.2) is 0 Å². The molecule has 0 saturated carbocycles. The molecule has 0 heterocycles. The smallest absolute Gasteiger partial charge is 0.398 e. The average Bonchev–Trinajstić information content (AvgIpc) is 2.02. The van der Waals surface area contributed by atoms with Gasteiger partial charge >= 0.3 is 6.18 Å². The van der Waals surface area contributed by atoms with Gasteiger partial charge in [-0.1, -0.05) is 12.1 Å². The Balaban J connectivity index is 0.00000169. The van der Waals surface area contributed by atoms with Crippen LogP contribution in [0.3, 0.4) is 0 Å². The Kier molecular flexibility index (Phi) is 4.55. The number of hydrogen-bond acceptors (Lipinski definition) is 1. The quantitative estimate of drug-likeness (QED) is 0.596. The molecule has 6 heteroatoms. The largest absolute Gasteiger partial charge is 0.418 e. The van der Waals surface area contributed by atoms with E-state index >= 15 is 0 Å². The van der Waals surface area contributed by atoms with Crippen LogP contribution in [0.5, 0.6) is 0 Å². The number of hydrogen-bond donors (Lipinski definition) is 1. The van der Waals surface area contributed by atoms with Crippen LogP contribution in [-0.4, -0.2) is 0 Å². The second kappa shape index (κ2) is 4.75. The van der Waals surface area contributed by atoms with E-state index in [4.69, 9.17) is 17.3 Å². The highest BCUT2D eigenvalue weighted by molar-refractivity contribution is 6.17. The second-order valence-electron chi connectivity index (χ2n) is 2.51. The van der Waals surface area contributed by atoms with E-state index in [1.54, 1.807) is 0 Å². The van der Waals surface area contributed by atoms with E-state index in [-0.39, 0.29) is 24.0 Å². The van der Waals surface area contributed by atoms with Gasteiger partial charge in [0.05, 0.1) is 5.56 Å². The fourth-order valence-corrected chi connectivity index (χ4v) is 1.21. The Labute approximate surface area is 90.5 Å². The number of para-hydroxylation sites is 1. The molecule has 0 atom stereocenters. The van der Waals surface area contributed by atoms with Gasteiger partial charge in [-0.05, 0) is 11.6 Å². The summed E-state index contributed by atoms with van der Waals surface area (Å²) >= 11 is 5.41. The third-order valence-corrected chi connectivity index (χ3v) is 1.93. The number of nitrogens with two attached hydrogens (primary N) is 1. The lowest BCUT2D eigenvalue weighted by Gasteiger charge is -2.11. The summed E-state index contributed by atoms with van der Waals surface area (Å²) in [6, 6.07) is 3.69. The molecule has 0 aromatic heterocycles. The van der Waals surface area contributed by atoms with Crippen LogP contribution in [-0.2, 0) is 12.1 Å². The molecule has 0 bridgehead atoms. The summed E-state index contributed by atoms with van der Waals surface area (Å²) < 4.78 is 36.7. The zero-order chi connectivity index (χ0) is 10.1. The minimum Gasteiger partial charge on any atom is -0.398 e. The first kappa shape index (κ1) is 13.4. The molecule has 2 N–H and O–H groups in total. The maximum atomic E-state index is 12.2. The maximum Gasteiger partial charge on any atom is 0.418 e. The Bertz CT molecular complexity index is 312. The Hall–Kier alpha value is -0.610. The molecule has 1 aromatic rings. The van der Waals surface area contributed by atoms with Crippen LogP contribution in [0.25, 0.3) is 0 Å². The molecule has 1 aromatic carbocycles. The van der Waals surface area contributed by atoms with Crippen LogP contribution >= 0.6 is 24.0 Å². The van der Waals surface area contributed by atoms with E-state index < -0.39 is 11.7 Å². The standard InChI is InChI=1S/C8H7ClF3N.ClH/c9-4-5-2-1-3-6(7(5)13)8(10,11)12;/h1-3H,4,13H2;1H. The highest BCUT2D eigenvalue weighted by Crippen LogP contribution is 2.35. The van der Waals surface area contributed by atoms with Gasteiger partial charge in [-0.25, -0.2) is 0 Å². The van der Waals surface area contributed by atoms with Crippen LogP contribution in [0.4, 0.5) is 18.9 Å². The van der Waals surface area contributed by atoms with Crippen molar-refractivity contribution < 1.29 is 13.2 Å². The minimum atomic E-state index is -4.41. The lowest BCUT2D eigenvalue weighted by molar-refractivity contribution is -0.136. The van der Waals surface area contributed by atoms with Crippen molar-refractivity contribution in [2.45, 2.75) is 12.1 Å². The zero-order valence-electron chi connectivity index (χ0n) is 6.94. The third-order valence-electron chi connectivity index (χ3n) is 1.65. The van der Waals surface area contributed by atoms with Gasteiger partial charge in [0.25, 0.3) is 0 Å². The number of alkyl halides is 4. The van der Waals surface area contributed by atoms with Gasteiger partial charge in [0.2, 0.25) is 0 Å². The first-order chi connectivity index (χ1) is 5.96. The molecule has 1 rings (SSSR count). The van der Waals surface area contributed by atoms with Crippen molar-refractivity contribution in [1.82, 2.24) is 0 Å². The highest BCUT2D eigenvalue weighted by Gasteiger charge is 2.33. The molecule has 0 aliphatic heterocycles. The average molecular weight is 246 g/mol. The van der Waals surface area contributed by atoms with Crippen LogP contribution in [0.15, 0.2) is 18.2 Å². The molecule has 0 saturated heterocycles. The van der Waals surface area contributed by atoms with E-state index in [0.717, 1.165) is 6.07 Å². The molecule has 0 spiro atoms. The number of nitrogen functional groups attached to an aromatic ring is 1. The van der Waals surface area contributed by atoms with Crippen molar-refractivity contribution >= 4 is 29.7 Å². The molecule has 0 unspecified atom stereocenters. The van der Waals surface area contributed by atoms with Crippen LogP contribution in [0, 0.1) is 0 Å². The van der Waals surface area contributed by atoms with Crippen molar-refractivity contribution in [1.29, 1.82) is 0 Å². The molecule has 0 aliphatic rings. The van der Waals surface area contributed by atoms with Gasteiger partial charge in [-0.2, -0.15) is 13.2 Å². The van der Waals surface area contributed by atoms with E-state index in [9.17, 15) is 13.2 Å². The number of halogens is 5. The molecule has 80 valence electrons. The highest BCUT2D eigenvalue weighted by atomic mass is 35.5. The number of benzene rings is 1. The SMILES string of the molecule is Cl.Nc1c(CCl)cccc1C(F)(F)F. The van der Waals surface area contributed by atoms with E-state index in [1.807, 2.05) is 0 Å². The molecule has 1 nitrogen and oxygen atoms in total. The summed E-state index contributed by atoms with van der Waals surface area (Å²) in [5.74, 6) is -0.0181. The summed E-state index contributed by atoms with van der Waals surface area (Å²) in [5.41, 5.74) is 4.46. The molecule has 0 amide bonds. The first-order valence-corrected chi connectivity index (χ1v) is 4.00. The molecule has 0 aliphatic carbocycles. The zero-order valence-corrected chi connectivity index (χ0v) is 8.51. The Morgan fingerprint density at radius 1 is 1.29 bits per heavy atom. The predicted octanol–water partition coefficient (Wildman–Crippen LogP) is 3.45. The molecule has 0 radical (unpaired) electrons. The lowest BCUT2D eigenvalue weighted by Crippen LogP contribution is -2.10. The first-order valence-electron chi connectivity index (χ1n) is 3.47. The van der Waals surface area contributed by atoms with Gasteiger partial charge < -0.3 is 5.73 Å². The topological polar surface area (TPSA) is 26.0 Å². The van der Waals surface area contributed by atoms with Gasteiger partial charge in [-0.3, -0.25) is 0 Å². The van der Waals surface area contributed by atoms with Crippen molar-refractivity contribution in [3.05, 3.63) is 29.3 Å². The van der Waals surface area contributed by atoms with E-state index in [2.05, 4.69) is 0 Å². The lowest BCUT2D eigenvalue weighted by atomic mass is 10.1. The van der Waals surface area contributed by atoms with Crippen molar-refractivity contribution in [2.75, 3.05) is 5.73 Å². The fraction of sp³-hybridized carbons (Fsp3) is 0.250. The minimum absolute atomic E-state index is 0. The summed E-state index contributed by atoms with van der Waals surface area (Å²) in [5, 5.41) is 0.